The summed E-state index contributed by atoms with van der Waals surface area (Å²) in [6, 6.07) is 11.2. The van der Waals surface area contributed by atoms with Crippen LogP contribution in [0.15, 0.2) is 30.3 Å². The summed E-state index contributed by atoms with van der Waals surface area (Å²) in [6.07, 6.45) is 6.13. The van der Waals surface area contributed by atoms with Gasteiger partial charge in [-0.05, 0) is 43.2 Å². The van der Waals surface area contributed by atoms with E-state index in [0.29, 0.717) is 24.5 Å². The van der Waals surface area contributed by atoms with Crippen molar-refractivity contribution >= 4 is 0 Å². The first-order valence-electron chi connectivity index (χ1n) is 7.74. The van der Waals surface area contributed by atoms with Crippen LogP contribution in [0, 0.1) is 11.8 Å². The van der Waals surface area contributed by atoms with Crippen LogP contribution < -0.4 is 5.32 Å². The van der Waals surface area contributed by atoms with E-state index in [2.05, 4.69) is 42.6 Å². The average molecular weight is 261 g/mol. The van der Waals surface area contributed by atoms with E-state index in [1.54, 1.807) is 0 Å². The van der Waals surface area contributed by atoms with Crippen LogP contribution in [0.1, 0.15) is 50.6 Å². The van der Waals surface area contributed by atoms with Crippen molar-refractivity contribution in [3.8, 4) is 0 Å². The first-order chi connectivity index (χ1) is 9.35. The SMILES string of the molecule is CCCC(NCC1CCCC1CO)c1ccccc1. The largest absolute Gasteiger partial charge is 0.396 e. The summed E-state index contributed by atoms with van der Waals surface area (Å²) in [5, 5.41) is 13.1. The van der Waals surface area contributed by atoms with Crippen LogP contribution in [-0.4, -0.2) is 18.3 Å². The molecule has 1 saturated carbocycles. The van der Waals surface area contributed by atoms with Crippen LogP contribution in [-0.2, 0) is 0 Å². The van der Waals surface area contributed by atoms with Crippen LogP contribution in [0.5, 0.6) is 0 Å². The number of rotatable bonds is 7. The first kappa shape index (κ1) is 14.5. The quantitative estimate of drug-likeness (QED) is 0.787. The van der Waals surface area contributed by atoms with E-state index in [9.17, 15) is 5.11 Å². The second-order valence-electron chi connectivity index (χ2n) is 5.79. The maximum Gasteiger partial charge on any atom is 0.0462 e. The van der Waals surface area contributed by atoms with E-state index < -0.39 is 0 Å². The van der Waals surface area contributed by atoms with Crippen molar-refractivity contribution in [3.05, 3.63) is 35.9 Å². The molecule has 0 spiro atoms. The maximum absolute atomic E-state index is 9.39. The minimum Gasteiger partial charge on any atom is -0.396 e. The zero-order chi connectivity index (χ0) is 13.5. The molecule has 0 aromatic heterocycles. The molecule has 106 valence electrons. The molecule has 0 radical (unpaired) electrons. The lowest BCUT2D eigenvalue weighted by Gasteiger charge is -2.23. The summed E-state index contributed by atoms with van der Waals surface area (Å²) in [6.45, 7) is 3.64. The second-order valence-corrected chi connectivity index (χ2v) is 5.79. The van der Waals surface area contributed by atoms with Crippen LogP contribution in [0.3, 0.4) is 0 Å². The molecule has 0 saturated heterocycles. The Hall–Kier alpha value is -0.860. The Morgan fingerprint density at radius 2 is 1.95 bits per heavy atom. The van der Waals surface area contributed by atoms with Crippen molar-refractivity contribution < 1.29 is 5.11 Å². The van der Waals surface area contributed by atoms with Gasteiger partial charge >= 0.3 is 0 Å². The van der Waals surface area contributed by atoms with Gasteiger partial charge in [-0.1, -0.05) is 50.1 Å². The summed E-state index contributed by atoms with van der Waals surface area (Å²) < 4.78 is 0. The third kappa shape index (κ3) is 4.05. The Kier molecular flexibility index (Phi) is 5.87. The lowest BCUT2D eigenvalue weighted by molar-refractivity contribution is 0.190. The summed E-state index contributed by atoms with van der Waals surface area (Å²) >= 11 is 0. The highest BCUT2D eigenvalue weighted by Gasteiger charge is 2.26. The van der Waals surface area contributed by atoms with Gasteiger partial charge in [-0.25, -0.2) is 0 Å². The standard InChI is InChI=1S/C17H27NO/c1-2-7-17(14-8-4-3-5-9-14)18-12-15-10-6-11-16(15)13-19/h3-5,8-9,15-19H,2,6-7,10-13H2,1H3. The minimum absolute atomic E-state index is 0.357. The van der Waals surface area contributed by atoms with Gasteiger partial charge in [0.1, 0.15) is 0 Å². The lowest BCUT2D eigenvalue weighted by Crippen LogP contribution is -2.30. The van der Waals surface area contributed by atoms with Crippen LogP contribution in [0.25, 0.3) is 0 Å². The number of hydrogen-bond donors (Lipinski definition) is 2. The molecule has 1 aromatic rings. The van der Waals surface area contributed by atoms with Gasteiger partial charge in [0.15, 0.2) is 0 Å². The normalized spacial score (nSPS) is 24.5. The van der Waals surface area contributed by atoms with E-state index in [0.717, 1.165) is 6.54 Å². The van der Waals surface area contributed by atoms with E-state index in [1.807, 2.05) is 0 Å². The van der Waals surface area contributed by atoms with Gasteiger partial charge in [0.25, 0.3) is 0 Å². The fourth-order valence-corrected chi connectivity index (χ4v) is 3.28. The van der Waals surface area contributed by atoms with E-state index >= 15 is 0 Å². The molecule has 0 heterocycles. The minimum atomic E-state index is 0.357. The Labute approximate surface area is 117 Å². The number of aliphatic hydroxyl groups excluding tert-OH is 1. The average Bonchev–Trinajstić information content (AvgIpc) is 2.92. The lowest BCUT2D eigenvalue weighted by atomic mass is 9.95. The van der Waals surface area contributed by atoms with Crippen molar-refractivity contribution in [2.45, 2.75) is 45.1 Å². The van der Waals surface area contributed by atoms with Gasteiger partial charge in [-0.2, -0.15) is 0 Å². The van der Waals surface area contributed by atoms with Gasteiger partial charge in [0.2, 0.25) is 0 Å². The highest BCUT2D eigenvalue weighted by molar-refractivity contribution is 5.18. The van der Waals surface area contributed by atoms with Crippen molar-refractivity contribution in [1.29, 1.82) is 0 Å². The highest BCUT2D eigenvalue weighted by Crippen LogP contribution is 2.31. The fraction of sp³-hybridized carbons (Fsp3) is 0.647. The van der Waals surface area contributed by atoms with Crippen LogP contribution in [0.4, 0.5) is 0 Å². The molecule has 2 N–H and O–H groups in total. The molecular weight excluding hydrogens is 234 g/mol. The maximum atomic E-state index is 9.39. The number of nitrogens with one attached hydrogen (secondary N) is 1. The second kappa shape index (κ2) is 7.66. The van der Waals surface area contributed by atoms with Gasteiger partial charge < -0.3 is 10.4 Å². The molecular formula is C17H27NO. The zero-order valence-electron chi connectivity index (χ0n) is 12.0. The Morgan fingerprint density at radius 1 is 1.21 bits per heavy atom. The Morgan fingerprint density at radius 3 is 2.63 bits per heavy atom. The summed E-state index contributed by atoms with van der Waals surface area (Å²) in [4.78, 5) is 0. The van der Waals surface area contributed by atoms with Gasteiger partial charge in [0, 0.05) is 12.6 Å². The number of benzene rings is 1. The topological polar surface area (TPSA) is 32.3 Å². The van der Waals surface area contributed by atoms with Gasteiger partial charge in [-0.15, -0.1) is 0 Å². The Bertz CT molecular complexity index is 352. The molecule has 3 unspecified atom stereocenters. The van der Waals surface area contributed by atoms with Crippen molar-refractivity contribution in [2.24, 2.45) is 11.8 Å². The van der Waals surface area contributed by atoms with Crippen molar-refractivity contribution in [1.82, 2.24) is 5.32 Å². The molecule has 0 amide bonds. The van der Waals surface area contributed by atoms with E-state index in [-0.39, 0.29) is 0 Å². The predicted molar refractivity (Wildman–Crippen MR) is 80.0 cm³/mol. The predicted octanol–water partition coefficient (Wildman–Crippen LogP) is 3.53. The van der Waals surface area contributed by atoms with Crippen molar-refractivity contribution in [2.75, 3.05) is 13.2 Å². The summed E-state index contributed by atoms with van der Waals surface area (Å²) in [5.41, 5.74) is 1.39. The number of hydrogen-bond acceptors (Lipinski definition) is 2. The molecule has 1 aliphatic carbocycles. The van der Waals surface area contributed by atoms with Crippen LogP contribution >= 0.6 is 0 Å². The molecule has 2 rings (SSSR count). The molecule has 3 atom stereocenters. The van der Waals surface area contributed by atoms with Gasteiger partial charge in [-0.3, -0.25) is 0 Å². The highest BCUT2D eigenvalue weighted by atomic mass is 16.3. The zero-order valence-corrected chi connectivity index (χ0v) is 12.0. The third-order valence-corrected chi connectivity index (χ3v) is 4.46. The van der Waals surface area contributed by atoms with Crippen molar-refractivity contribution in [3.63, 3.8) is 0 Å². The Balaban J connectivity index is 1.90. The monoisotopic (exact) mass is 261 g/mol. The summed E-state index contributed by atoms with van der Waals surface area (Å²) in [7, 11) is 0. The molecule has 1 fully saturated rings. The molecule has 19 heavy (non-hydrogen) atoms. The fourth-order valence-electron chi connectivity index (χ4n) is 3.28. The third-order valence-electron chi connectivity index (χ3n) is 4.46. The van der Waals surface area contributed by atoms with E-state index in [1.165, 1.54) is 37.7 Å². The first-order valence-corrected chi connectivity index (χ1v) is 7.74. The summed E-state index contributed by atoms with van der Waals surface area (Å²) in [5.74, 6) is 1.18. The number of aliphatic hydroxyl groups is 1. The van der Waals surface area contributed by atoms with Crippen LogP contribution in [0.2, 0.25) is 0 Å². The molecule has 0 bridgehead atoms. The molecule has 1 aliphatic rings. The molecule has 1 aromatic carbocycles. The molecule has 2 nitrogen and oxygen atoms in total. The molecule has 2 heteroatoms. The van der Waals surface area contributed by atoms with Gasteiger partial charge in [0.05, 0.1) is 0 Å². The smallest absolute Gasteiger partial charge is 0.0462 e. The molecule has 0 aliphatic heterocycles. The van der Waals surface area contributed by atoms with E-state index in [4.69, 9.17) is 0 Å².